The van der Waals surface area contributed by atoms with E-state index in [-0.39, 0.29) is 17.7 Å². The molecule has 0 saturated carbocycles. The first-order valence-electron chi connectivity index (χ1n) is 10.8. The summed E-state index contributed by atoms with van der Waals surface area (Å²) in [6.07, 6.45) is 5.58. The Kier molecular flexibility index (Phi) is 6.16. The van der Waals surface area contributed by atoms with E-state index in [1.165, 1.54) is 0 Å². The fourth-order valence-electron chi connectivity index (χ4n) is 4.02. The van der Waals surface area contributed by atoms with Gasteiger partial charge >= 0.3 is 0 Å². The monoisotopic (exact) mass is 420 g/mol. The highest BCUT2D eigenvalue weighted by atomic mass is 16.2. The zero-order valence-electron chi connectivity index (χ0n) is 18.0. The molecule has 3 aromatic rings. The minimum atomic E-state index is -0.0396. The van der Waals surface area contributed by atoms with Crippen LogP contribution in [0, 0.1) is 12.8 Å². The normalized spacial score (nSPS) is 14.6. The summed E-state index contributed by atoms with van der Waals surface area (Å²) in [6.45, 7) is 6.08. The number of benzene rings is 1. The van der Waals surface area contributed by atoms with Gasteiger partial charge < -0.3 is 10.2 Å². The van der Waals surface area contributed by atoms with E-state index in [2.05, 4.69) is 20.6 Å². The van der Waals surface area contributed by atoms with E-state index in [9.17, 15) is 9.59 Å². The van der Waals surface area contributed by atoms with E-state index < -0.39 is 0 Å². The van der Waals surface area contributed by atoms with Gasteiger partial charge in [0.1, 0.15) is 5.69 Å². The molecule has 2 N–H and O–H groups in total. The van der Waals surface area contributed by atoms with Crippen molar-refractivity contribution in [3.8, 4) is 11.3 Å². The lowest BCUT2D eigenvalue weighted by atomic mass is 9.93. The zero-order valence-corrected chi connectivity index (χ0v) is 18.0. The summed E-state index contributed by atoms with van der Waals surface area (Å²) in [7, 11) is 0. The first-order chi connectivity index (χ1) is 15.0. The van der Waals surface area contributed by atoms with Gasteiger partial charge in [0.25, 0.3) is 5.91 Å². The van der Waals surface area contributed by atoms with Gasteiger partial charge in [-0.3, -0.25) is 19.4 Å². The number of hydrogen-bond acceptors (Lipinski definition) is 4. The molecule has 8 nitrogen and oxygen atoms in total. The highest BCUT2D eigenvalue weighted by Gasteiger charge is 2.26. The minimum Gasteiger partial charge on any atom is -0.337 e. The van der Waals surface area contributed by atoms with Crippen molar-refractivity contribution >= 4 is 17.5 Å². The molecule has 1 saturated heterocycles. The van der Waals surface area contributed by atoms with Gasteiger partial charge in [-0.25, -0.2) is 0 Å². The van der Waals surface area contributed by atoms with Crippen molar-refractivity contribution < 1.29 is 9.59 Å². The zero-order chi connectivity index (χ0) is 21.8. The molecule has 1 aliphatic rings. The number of likely N-dealkylation sites (tertiary alicyclic amines) is 1. The number of H-pyrrole nitrogens is 1. The Hall–Kier alpha value is -3.42. The molecule has 3 heterocycles. The molecule has 0 unspecified atom stereocenters. The SMILES string of the molecule is CCn1cc(NC(=O)CC2CCN(C(=O)c3cc(-c4ccccc4C)n[nH]3)CC2)cn1. The van der Waals surface area contributed by atoms with Gasteiger partial charge in [0.2, 0.25) is 5.91 Å². The Morgan fingerprint density at radius 1 is 1.23 bits per heavy atom. The summed E-state index contributed by atoms with van der Waals surface area (Å²) in [6, 6.07) is 9.81. The largest absolute Gasteiger partial charge is 0.337 e. The second-order valence-electron chi connectivity index (χ2n) is 8.05. The van der Waals surface area contributed by atoms with Crippen LogP contribution in [0.1, 0.15) is 42.2 Å². The summed E-state index contributed by atoms with van der Waals surface area (Å²) < 4.78 is 1.78. The third kappa shape index (κ3) is 4.84. The molecule has 31 heavy (non-hydrogen) atoms. The number of rotatable bonds is 6. The predicted octanol–water partition coefficient (Wildman–Crippen LogP) is 3.48. The average Bonchev–Trinajstić information content (AvgIpc) is 3.44. The summed E-state index contributed by atoms with van der Waals surface area (Å²) in [5, 5.41) is 14.3. The topological polar surface area (TPSA) is 95.9 Å². The van der Waals surface area contributed by atoms with Gasteiger partial charge in [0, 0.05) is 37.8 Å². The van der Waals surface area contributed by atoms with Crippen molar-refractivity contribution in [3.05, 3.63) is 54.0 Å². The van der Waals surface area contributed by atoms with Gasteiger partial charge in [-0.2, -0.15) is 10.2 Å². The van der Waals surface area contributed by atoms with Crippen LogP contribution in [0.5, 0.6) is 0 Å². The number of nitrogens with one attached hydrogen (secondary N) is 2. The van der Waals surface area contributed by atoms with Gasteiger partial charge in [0.15, 0.2) is 0 Å². The molecule has 0 aliphatic carbocycles. The molecule has 162 valence electrons. The Labute approximate surface area is 181 Å². The molecule has 0 bridgehead atoms. The summed E-state index contributed by atoms with van der Waals surface area (Å²) >= 11 is 0. The van der Waals surface area contributed by atoms with Crippen LogP contribution >= 0.6 is 0 Å². The van der Waals surface area contributed by atoms with Gasteiger partial charge in [-0.05, 0) is 44.2 Å². The van der Waals surface area contributed by atoms with Crippen LogP contribution in [0.3, 0.4) is 0 Å². The number of aromatic nitrogens is 4. The van der Waals surface area contributed by atoms with Crippen LogP contribution in [0.2, 0.25) is 0 Å². The Morgan fingerprint density at radius 2 is 2.00 bits per heavy atom. The lowest BCUT2D eigenvalue weighted by Crippen LogP contribution is -2.39. The fraction of sp³-hybridized carbons (Fsp3) is 0.391. The summed E-state index contributed by atoms with van der Waals surface area (Å²) in [5.41, 5.74) is 4.14. The maximum atomic E-state index is 12.9. The van der Waals surface area contributed by atoms with E-state index in [1.807, 2.05) is 55.3 Å². The third-order valence-corrected chi connectivity index (χ3v) is 5.85. The number of nitrogens with zero attached hydrogens (tertiary/aromatic N) is 4. The Morgan fingerprint density at radius 3 is 2.71 bits per heavy atom. The first-order valence-corrected chi connectivity index (χ1v) is 10.8. The van der Waals surface area contributed by atoms with Crippen molar-refractivity contribution in [3.63, 3.8) is 0 Å². The molecule has 0 atom stereocenters. The number of amides is 2. The first kappa shape index (κ1) is 20.8. The van der Waals surface area contributed by atoms with E-state index >= 15 is 0 Å². The molecule has 0 spiro atoms. The molecular weight excluding hydrogens is 392 g/mol. The van der Waals surface area contributed by atoms with Crippen LogP contribution < -0.4 is 5.32 Å². The standard InChI is InChI=1S/C23H28N6O2/c1-3-29-15-18(14-24-29)25-22(30)12-17-8-10-28(11-9-17)23(31)21-13-20(26-27-21)19-7-5-4-6-16(19)2/h4-7,13-15,17H,3,8-12H2,1-2H3,(H,25,30)(H,26,27). The van der Waals surface area contributed by atoms with Crippen LogP contribution in [-0.2, 0) is 11.3 Å². The fourth-order valence-corrected chi connectivity index (χ4v) is 4.02. The van der Waals surface area contributed by atoms with E-state index in [4.69, 9.17) is 0 Å². The average molecular weight is 421 g/mol. The van der Waals surface area contributed by atoms with E-state index in [0.29, 0.717) is 25.2 Å². The lowest BCUT2D eigenvalue weighted by molar-refractivity contribution is -0.117. The van der Waals surface area contributed by atoms with Gasteiger partial charge in [-0.1, -0.05) is 24.3 Å². The number of carbonyl (C=O) groups excluding carboxylic acids is 2. The molecular formula is C23H28N6O2. The molecule has 1 aliphatic heterocycles. The van der Waals surface area contributed by atoms with Gasteiger partial charge in [-0.15, -0.1) is 0 Å². The van der Waals surface area contributed by atoms with Crippen LogP contribution in [0.25, 0.3) is 11.3 Å². The quantitative estimate of drug-likeness (QED) is 0.638. The highest BCUT2D eigenvalue weighted by molar-refractivity contribution is 5.93. The van der Waals surface area contributed by atoms with E-state index in [1.54, 1.807) is 10.9 Å². The molecule has 0 radical (unpaired) electrons. The smallest absolute Gasteiger partial charge is 0.271 e. The van der Waals surface area contributed by atoms with Crippen molar-refractivity contribution in [2.24, 2.45) is 5.92 Å². The molecule has 2 amide bonds. The van der Waals surface area contributed by atoms with Crippen LogP contribution in [0.15, 0.2) is 42.7 Å². The van der Waals surface area contributed by atoms with E-state index in [0.717, 1.165) is 41.9 Å². The Bertz CT molecular complexity index is 1060. The third-order valence-electron chi connectivity index (χ3n) is 5.85. The molecule has 8 heteroatoms. The van der Waals surface area contributed by atoms with Crippen molar-refractivity contribution in [2.75, 3.05) is 18.4 Å². The number of piperidine rings is 1. The second-order valence-corrected chi connectivity index (χ2v) is 8.05. The predicted molar refractivity (Wildman–Crippen MR) is 119 cm³/mol. The molecule has 1 fully saturated rings. The molecule has 1 aromatic carbocycles. The lowest BCUT2D eigenvalue weighted by Gasteiger charge is -2.31. The van der Waals surface area contributed by atoms with Crippen molar-refractivity contribution in [2.45, 2.75) is 39.7 Å². The number of anilines is 1. The number of carbonyl (C=O) groups is 2. The van der Waals surface area contributed by atoms with Crippen LogP contribution in [0.4, 0.5) is 5.69 Å². The van der Waals surface area contributed by atoms with Crippen molar-refractivity contribution in [1.82, 2.24) is 24.9 Å². The van der Waals surface area contributed by atoms with Crippen LogP contribution in [-0.4, -0.2) is 49.8 Å². The number of aromatic amines is 1. The number of aryl methyl sites for hydroxylation is 2. The maximum Gasteiger partial charge on any atom is 0.271 e. The summed E-state index contributed by atoms with van der Waals surface area (Å²) in [4.78, 5) is 27.1. The molecule has 4 rings (SSSR count). The maximum absolute atomic E-state index is 12.9. The summed E-state index contributed by atoms with van der Waals surface area (Å²) in [5.74, 6) is 0.230. The number of hydrogen-bond donors (Lipinski definition) is 2. The van der Waals surface area contributed by atoms with Gasteiger partial charge in [0.05, 0.1) is 17.6 Å². The Balaban J connectivity index is 1.29. The molecule has 2 aromatic heterocycles. The minimum absolute atomic E-state index is 0.00290. The second kappa shape index (κ2) is 9.16. The van der Waals surface area contributed by atoms with Crippen molar-refractivity contribution in [1.29, 1.82) is 0 Å². The highest BCUT2D eigenvalue weighted by Crippen LogP contribution is 2.25.